The Morgan fingerprint density at radius 2 is 2.10 bits per heavy atom. The Labute approximate surface area is 131 Å². The van der Waals surface area contributed by atoms with Gasteiger partial charge in [-0.25, -0.2) is 10.8 Å². The van der Waals surface area contributed by atoms with Gasteiger partial charge in [0.2, 0.25) is 0 Å². The molecule has 0 amide bonds. The number of thiophene rings is 1. The number of hydrogen-bond donors (Lipinski definition) is 2. The average Bonchev–Trinajstić information content (AvgIpc) is 2.82. The lowest BCUT2D eigenvalue weighted by Crippen LogP contribution is -2.20. The molecule has 4 nitrogen and oxygen atoms in total. The van der Waals surface area contributed by atoms with E-state index >= 15 is 0 Å². The third kappa shape index (κ3) is 4.08. The zero-order valence-electron chi connectivity index (χ0n) is 10.9. The van der Waals surface area contributed by atoms with Crippen molar-refractivity contribution >= 4 is 38.9 Å². The van der Waals surface area contributed by atoms with E-state index in [0.717, 1.165) is 21.5 Å². The highest BCUT2D eigenvalue weighted by Crippen LogP contribution is 2.33. The van der Waals surface area contributed by atoms with Crippen molar-refractivity contribution in [2.45, 2.75) is 12.7 Å². The fourth-order valence-corrected chi connectivity index (χ4v) is 2.93. The van der Waals surface area contributed by atoms with Gasteiger partial charge in [0.1, 0.15) is 11.6 Å². The van der Waals surface area contributed by atoms with Crippen molar-refractivity contribution < 1.29 is 13.2 Å². The number of nitrogens with zero attached hydrogens (tertiary/aromatic N) is 2. The van der Waals surface area contributed by atoms with Gasteiger partial charge in [-0.05, 0) is 45.1 Å². The number of nitrogens with two attached hydrogens (primary N) is 1. The summed E-state index contributed by atoms with van der Waals surface area (Å²) in [6.45, 7) is 0.445. The molecule has 2 aromatic heterocycles. The quantitative estimate of drug-likeness (QED) is 0.624. The fourth-order valence-electron chi connectivity index (χ4n) is 1.73. The average molecular weight is 381 g/mol. The van der Waals surface area contributed by atoms with Crippen LogP contribution in [-0.2, 0) is 12.7 Å². The van der Waals surface area contributed by atoms with Crippen LogP contribution in [0.5, 0.6) is 0 Å². The van der Waals surface area contributed by atoms with Crippen molar-refractivity contribution in [3.63, 3.8) is 0 Å². The van der Waals surface area contributed by atoms with Crippen LogP contribution in [0.4, 0.5) is 24.8 Å². The van der Waals surface area contributed by atoms with Crippen LogP contribution in [0.25, 0.3) is 0 Å². The molecule has 9 heteroatoms. The molecule has 0 aliphatic rings. The Balaban J connectivity index is 2.29. The van der Waals surface area contributed by atoms with Crippen LogP contribution in [0.1, 0.15) is 11.1 Å². The summed E-state index contributed by atoms with van der Waals surface area (Å²) in [5, 5.41) is 1.93. The van der Waals surface area contributed by atoms with Crippen molar-refractivity contribution in [2.75, 3.05) is 17.4 Å². The second kappa shape index (κ2) is 6.20. The van der Waals surface area contributed by atoms with Gasteiger partial charge in [-0.15, -0.1) is 11.3 Å². The third-order valence-corrected chi connectivity index (χ3v) is 4.27. The Morgan fingerprint density at radius 3 is 2.62 bits per heavy atom. The molecule has 2 aromatic rings. The van der Waals surface area contributed by atoms with Gasteiger partial charge < -0.3 is 10.3 Å². The van der Waals surface area contributed by atoms with Crippen LogP contribution in [-0.4, -0.2) is 12.0 Å². The largest absolute Gasteiger partial charge is 0.416 e. The van der Waals surface area contributed by atoms with E-state index in [0.29, 0.717) is 6.54 Å². The summed E-state index contributed by atoms with van der Waals surface area (Å²) < 4.78 is 39.5. The first-order valence-corrected chi connectivity index (χ1v) is 7.47. The van der Waals surface area contributed by atoms with Gasteiger partial charge in [-0.2, -0.15) is 13.2 Å². The summed E-state index contributed by atoms with van der Waals surface area (Å²) in [5.74, 6) is 5.35. The van der Waals surface area contributed by atoms with Crippen molar-refractivity contribution in [1.82, 2.24) is 4.98 Å². The Hall–Kier alpha value is -1.32. The predicted octanol–water partition coefficient (Wildman–Crippen LogP) is 3.85. The van der Waals surface area contributed by atoms with Gasteiger partial charge in [0.25, 0.3) is 0 Å². The van der Waals surface area contributed by atoms with Crippen molar-refractivity contribution in [1.29, 1.82) is 0 Å². The Morgan fingerprint density at radius 1 is 1.38 bits per heavy atom. The first-order chi connectivity index (χ1) is 9.79. The molecule has 3 N–H and O–H groups in total. The lowest BCUT2D eigenvalue weighted by molar-refractivity contribution is -0.137. The smallest absolute Gasteiger partial charge is 0.355 e. The van der Waals surface area contributed by atoms with Crippen LogP contribution in [0.15, 0.2) is 27.4 Å². The van der Waals surface area contributed by atoms with Gasteiger partial charge in [0.15, 0.2) is 0 Å². The normalized spacial score (nSPS) is 11.5. The standard InChI is InChI=1S/C12H12BrF3N4S/c1-20(5-7-2-9(13)21-6-7)11-4-8(12(14,15)16)3-10(18-11)19-17/h2-4,6H,5,17H2,1H3,(H,18,19). The molecule has 0 aliphatic heterocycles. The number of halogens is 4. The molecular formula is C12H12BrF3N4S. The number of rotatable bonds is 4. The lowest BCUT2D eigenvalue weighted by atomic mass is 10.2. The maximum absolute atomic E-state index is 12.9. The molecule has 0 aromatic carbocycles. The van der Waals surface area contributed by atoms with Gasteiger partial charge in [-0.3, -0.25) is 0 Å². The van der Waals surface area contributed by atoms with E-state index in [2.05, 4.69) is 26.3 Å². The minimum Gasteiger partial charge on any atom is -0.355 e. The van der Waals surface area contributed by atoms with E-state index < -0.39 is 11.7 Å². The molecule has 0 atom stereocenters. The Bertz CT molecular complexity index is 629. The minimum atomic E-state index is -4.45. The number of alkyl halides is 3. The third-order valence-electron chi connectivity index (χ3n) is 2.72. The molecule has 0 aliphatic carbocycles. The molecule has 21 heavy (non-hydrogen) atoms. The van der Waals surface area contributed by atoms with Gasteiger partial charge in [-0.1, -0.05) is 0 Å². The molecule has 0 spiro atoms. The first kappa shape index (κ1) is 16.1. The zero-order chi connectivity index (χ0) is 15.6. The highest BCUT2D eigenvalue weighted by atomic mass is 79.9. The zero-order valence-corrected chi connectivity index (χ0v) is 13.3. The minimum absolute atomic E-state index is 0.0295. The van der Waals surface area contributed by atoms with Crippen molar-refractivity contribution in [2.24, 2.45) is 5.84 Å². The topological polar surface area (TPSA) is 54.2 Å². The molecule has 0 bridgehead atoms. The number of aromatic nitrogens is 1. The van der Waals surface area contributed by atoms with E-state index in [9.17, 15) is 13.2 Å². The lowest BCUT2D eigenvalue weighted by Gasteiger charge is -2.20. The molecule has 2 rings (SSSR count). The summed E-state index contributed by atoms with van der Waals surface area (Å²) >= 11 is 4.86. The number of anilines is 2. The van der Waals surface area contributed by atoms with Gasteiger partial charge >= 0.3 is 6.18 Å². The molecule has 2 heterocycles. The maximum atomic E-state index is 12.9. The highest BCUT2D eigenvalue weighted by Gasteiger charge is 2.32. The monoisotopic (exact) mass is 380 g/mol. The van der Waals surface area contributed by atoms with Crippen LogP contribution < -0.4 is 16.2 Å². The number of pyridine rings is 1. The summed E-state index contributed by atoms with van der Waals surface area (Å²) in [7, 11) is 1.67. The summed E-state index contributed by atoms with van der Waals surface area (Å²) in [5.41, 5.74) is 2.35. The SMILES string of the molecule is CN(Cc1csc(Br)c1)c1cc(C(F)(F)F)cc(NN)n1. The van der Waals surface area contributed by atoms with Crippen LogP contribution in [0, 0.1) is 0 Å². The molecule has 114 valence electrons. The van der Waals surface area contributed by atoms with Crippen molar-refractivity contribution in [3.05, 3.63) is 38.5 Å². The van der Waals surface area contributed by atoms with Gasteiger partial charge in [0, 0.05) is 13.6 Å². The number of nitrogens with one attached hydrogen (secondary N) is 1. The molecule has 0 radical (unpaired) electrons. The van der Waals surface area contributed by atoms with E-state index in [-0.39, 0.29) is 11.6 Å². The molecule has 0 saturated heterocycles. The summed E-state index contributed by atoms with van der Waals surface area (Å²) in [6, 6.07) is 3.79. The van der Waals surface area contributed by atoms with E-state index in [1.165, 1.54) is 11.3 Å². The second-order valence-corrected chi connectivity index (χ2v) is 6.65. The number of hydrazine groups is 1. The number of hydrogen-bond acceptors (Lipinski definition) is 5. The van der Waals surface area contributed by atoms with Crippen LogP contribution in [0.2, 0.25) is 0 Å². The molecular weight excluding hydrogens is 369 g/mol. The fraction of sp³-hybridized carbons (Fsp3) is 0.250. The molecule has 0 fully saturated rings. The summed E-state index contributed by atoms with van der Waals surface area (Å²) in [6.07, 6.45) is -4.45. The van der Waals surface area contributed by atoms with Crippen LogP contribution in [0.3, 0.4) is 0 Å². The van der Waals surface area contributed by atoms with E-state index in [4.69, 9.17) is 5.84 Å². The van der Waals surface area contributed by atoms with E-state index in [1.807, 2.05) is 11.4 Å². The molecule has 0 unspecified atom stereocenters. The maximum Gasteiger partial charge on any atom is 0.416 e. The van der Waals surface area contributed by atoms with Gasteiger partial charge in [0.05, 0.1) is 9.35 Å². The number of nitrogen functional groups attached to an aromatic ring is 1. The Kier molecular flexibility index (Phi) is 4.74. The summed E-state index contributed by atoms with van der Waals surface area (Å²) in [4.78, 5) is 5.68. The molecule has 0 saturated carbocycles. The van der Waals surface area contributed by atoms with E-state index in [1.54, 1.807) is 11.9 Å². The van der Waals surface area contributed by atoms with Crippen molar-refractivity contribution in [3.8, 4) is 0 Å². The highest BCUT2D eigenvalue weighted by molar-refractivity contribution is 9.11. The first-order valence-electron chi connectivity index (χ1n) is 5.79. The predicted molar refractivity (Wildman–Crippen MR) is 81.2 cm³/mol. The van der Waals surface area contributed by atoms with Crippen LogP contribution >= 0.6 is 27.3 Å². The second-order valence-electron chi connectivity index (χ2n) is 4.36.